The summed E-state index contributed by atoms with van der Waals surface area (Å²) in [6.45, 7) is 3.14. The molecule has 0 heterocycles. The zero-order valence-electron chi connectivity index (χ0n) is 9.29. The van der Waals surface area contributed by atoms with Crippen molar-refractivity contribution in [3.63, 3.8) is 0 Å². The molecule has 0 saturated carbocycles. The van der Waals surface area contributed by atoms with Crippen molar-refractivity contribution in [2.45, 2.75) is 38.6 Å². The van der Waals surface area contributed by atoms with Crippen LogP contribution >= 0.6 is 0 Å². The van der Waals surface area contributed by atoms with Crippen LogP contribution in [0.1, 0.15) is 20.3 Å². The molecule has 0 fully saturated rings. The van der Waals surface area contributed by atoms with Gasteiger partial charge in [0.1, 0.15) is 0 Å². The number of aliphatic hydroxyl groups is 3. The maximum atomic E-state index is 10.6. The van der Waals surface area contributed by atoms with Gasteiger partial charge < -0.3 is 15.3 Å². The third kappa shape index (κ3) is 6.97. The summed E-state index contributed by atoms with van der Waals surface area (Å²) in [6.07, 6.45) is -0.732. The molecule has 0 rings (SSSR count). The van der Waals surface area contributed by atoms with Gasteiger partial charge in [0.05, 0.1) is 24.9 Å². The quantitative estimate of drug-likeness (QED) is 0.554. The highest BCUT2D eigenvalue weighted by molar-refractivity contribution is 7.79. The Kier molecular flexibility index (Phi) is 7.29. The smallest absolute Gasteiger partial charge is 0.152 e. The molecule has 0 spiro atoms. The van der Waals surface area contributed by atoms with Crippen molar-refractivity contribution < 1.29 is 23.7 Å². The van der Waals surface area contributed by atoms with Gasteiger partial charge in [-0.05, 0) is 13.3 Å². The van der Waals surface area contributed by atoms with Crippen molar-refractivity contribution in [1.82, 2.24) is 0 Å². The molecule has 0 bridgehead atoms. The van der Waals surface area contributed by atoms with Crippen LogP contribution < -0.4 is 0 Å². The molecule has 0 aliphatic carbocycles. The average molecular weight is 240 g/mol. The largest absolute Gasteiger partial charge is 0.393 e. The van der Waals surface area contributed by atoms with Crippen LogP contribution in [0.15, 0.2) is 0 Å². The van der Waals surface area contributed by atoms with Gasteiger partial charge in [-0.2, -0.15) is 0 Å². The molecule has 0 aromatic rings. The molecular formula is C9H20O5S. The molecule has 0 radical (unpaired) electrons. The van der Waals surface area contributed by atoms with Gasteiger partial charge >= 0.3 is 0 Å². The summed E-state index contributed by atoms with van der Waals surface area (Å²) in [7, 11) is 0. The summed E-state index contributed by atoms with van der Waals surface area (Å²) < 4.78 is 15.3. The standard InChI is InChI=1S/C9H20O5S/c1-6(10)4-8(11)7(2)9(12)5-14-15(3)13/h6-12H,4-5H2,1-3H3/t6-,7+,8-,9+,15?/m0/s1. The van der Waals surface area contributed by atoms with Crippen molar-refractivity contribution in [1.29, 1.82) is 0 Å². The van der Waals surface area contributed by atoms with Gasteiger partial charge in [-0.25, -0.2) is 4.21 Å². The van der Waals surface area contributed by atoms with Crippen LogP contribution in [0.25, 0.3) is 0 Å². The Balaban J connectivity index is 3.95. The molecule has 1 unspecified atom stereocenters. The number of aliphatic hydroxyl groups excluding tert-OH is 3. The number of hydrogen-bond acceptors (Lipinski definition) is 5. The van der Waals surface area contributed by atoms with E-state index in [0.717, 1.165) is 0 Å². The number of rotatable bonds is 7. The zero-order chi connectivity index (χ0) is 12.0. The summed E-state index contributed by atoms with van der Waals surface area (Å²) >= 11 is -1.42. The Bertz CT molecular complexity index is 197. The second-order valence-corrected chi connectivity index (χ2v) is 4.80. The third-order valence-electron chi connectivity index (χ3n) is 2.20. The Morgan fingerprint density at radius 1 is 1.20 bits per heavy atom. The predicted octanol–water partition coefficient (Wildman–Crippen LogP) is -0.575. The molecule has 0 aliphatic heterocycles. The first kappa shape index (κ1) is 15.0. The van der Waals surface area contributed by atoms with Crippen LogP contribution in [0.2, 0.25) is 0 Å². The Labute approximate surface area is 92.7 Å². The zero-order valence-corrected chi connectivity index (χ0v) is 10.1. The normalized spacial score (nSPS) is 21.7. The molecule has 15 heavy (non-hydrogen) atoms. The summed E-state index contributed by atoms with van der Waals surface area (Å²) in [5.74, 6) is -0.428. The van der Waals surface area contributed by atoms with Gasteiger partial charge in [-0.15, -0.1) is 0 Å². The van der Waals surface area contributed by atoms with E-state index in [1.165, 1.54) is 6.26 Å². The van der Waals surface area contributed by atoms with Crippen molar-refractivity contribution in [2.75, 3.05) is 12.9 Å². The molecule has 6 heteroatoms. The summed E-state index contributed by atoms with van der Waals surface area (Å²) in [6, 6.07) is 0. The topological polar surface area (TPSA) is 87.0 Å². The van der Waals surface area contributed by atoms with E-state index in [9.17, 15) is 14.4 Å². The lowest BCUT2D eigenvalue weighted by Crippen LogP contribution is -2.34. The minimum atomic E-state index is -1.42. The molecule has 5 atom stereocenters. The Hall–Kier alpha value is -0.0100. The van der Waals surface area contributed by atoms with Crippen molar-refractivity contribution >= 4 is 11.1 Å². The van der Waals surface area contributed by atoms with E-state index in [2.05, 4.69) is 0 Å². The highest BCUT2D eigenvalue weighted by Crippen LogP contribution is 2.14. The van der Waals surface area contributed by atoms with Crippen LogP contribution in [0.3, 0.4) is 0 Å². The van der Waals surface area contributed by atoms with E-state index in [4.69, 9.17) is 9.29 Å². The monoisotopic (exact) mass is 240 g/mol. The Morgan fingerprint density at radius 3 is 2.13 bits per heavy atom. The average Bonchev–Trinajstić information content (AvgIpc) is 2.11. The van der Waals surface area contributed by atoms with E-state index in [0.29, 0.717) is 0 Å². The maximum Gasteiger partial charge on any atom is 0.152 e. The molecule has 5 nitrogen and oxygen atoms in total. The second kappa shape index (κ2) is 7.29. The minimum Gasteiger partial charge on any atom is -0.393 e. The van der Waals surface area contributed by atoms with Crippen LogP contribution in [0.4, 0.5) is 0 Å². The van der Waals surface area contributed by atoms with Gasteiger partial charge in [0, 0.05) is 12.2 Å². The lowest BCUT2D eigenvalue weighted by atomic mass is 9.95. The third-order valence-corrected chi connectivity index (χ3v) is 2.67. The Morgan fingerprint density at radius 2 is 1.73 bits per heavy atom. The van der Waals surface area contributed by atoms with Crippen molar-refractivity contribution in [3.8, 4) is 0 Å². The second-order valence-electron chi connectivity index (χ2n) is 3.76. The first-order valence-electron chi connectivity index (χ1n) is 4.85. The van der Waals surface area contributed by atoms with Crippen LogP contribution in [0, 0.1) is 5.92 Å². The lowest BCUT2D eigenvalue weighted by molar-refractivity contribution is -0.0180. The van der Waals surface area contributed by atoms with Crippen LogP contribution in [-0.2, 0) is 15.3 Å². The van der Waals surface area contributed by atoms with E-state index >= 15 is 0 Å². The first-order chi connectivity index (χ1) is 6.84. The fourth-order valence-corrected chi connectivity index (χ4v) is 1.47. The van der Waals surface area contributed by atoms with Gasteiger partial charge in [-0.1, -0.05) is 6.92 Å². The molecule has 3 N–H and O–H groups in total. The minimum absolute atomic E-state index is 0.0822. The maximum absolute atomic E-state index is 10.6. The number of hydrogen-bond donors (Lipinski definition) is 3. The fraction of sp³-hybridized carbons (Fsp3) is 1.00. The summed E-state index contributed by atoms with van der Waals surface area (Å²) in [4.78, 5) is 0. The molecule has 0 amide bonds. The molecular weight excluding hydrogens is 220 g/mol. The van der Waals surface area contributed by atoms with Gasteiger partial charge in [0.15, 0.2) is 11.1 Å². The van der Waals surface area contributed by atoms with Crippen LogP contribution in [0.5, 0.6) is 0 Å². The molecule has 0 aromatic heterocycles. The van der Waals surface area contributed by atoms with Crippen LogP contribution in [-0.4, -0.2) is 50.7 Å². The van der Waals surface area contributed by atoms with Gasteiger partial charge in [0.25, 0.3) is 0 Å². The molecule has 92 valence electrons. The highest BCUT2D eigenvalue weighted by Gasteiger charge is 2.24. The van der Waals surface area contributed by atoms with E-state index in [1.54, 1.807) is 13.8 Å². The summed E-state index contributed by atoms with van der Waals surface area (Å²) in [5, 5.41) is 28.2. The van der Waals surface area contributed by atoms with E-state index < -0.39 is 35.3 Å². The fourth-order valence-electron chi connectivity index (χ4n) is 1.14. The first-order valence-corrected chi connectivity index (χ1v) is 6.33. The van der Waals surface area contributed by atoms with E-state index in [-0.39, 0.29) is 13.0 Å². The van der Waals surface area contributed by atoms with Crippen molar-refractivity contribution in [2.24, 2.45) is 5.92 Å². The summed E-state index contributed by atoms with van der Waals surface area (Å²) in [5.41, 5.74) is 0. The van der Waals surface area contributed by atoms with Gasteiger partial charge in [0.2, 0.25) is 0 Å². The SMILES string of the molecule is C[C@@H]([C@H](O)COS(C)=O)[C@@H](O)C[C@H](C)O. The molecule has 0 saturated heterocycles. The molecule has 0 aromatic carbocycles. The molecule has 0 aliphatic rings. The predicted molar refractivity (Wildman–Crippen MR) is 57.5 cm³/mol. The lowest BCUT2D eigenvalue weighted by Gasteiger charge is -2.24. The van der Waals surface area contributed by atoms with Gasteiger partial charge in [-0.3, -0.25) is 4.18 Å². The van der Waals surface area contributed by atoms with Crippen molar-refractivity contribution in [3.05, 3.63) is 0 Å². The highest BCUT2D eigenvalue weighted by atomic mass is 32.2. The van der Waals surface area contributed by atoms with E-state index in [1.807, 2.05) is 0 Å².